The predicted octanol–water partition coefficient (Wildman–Crippen LogP) is -0.702. The van der Waals surface area contributed by atoms with Gasteiger partial charge in [0, 0.05) is 6.54 Å². The van der Waals surface area contributed by atoms with Crippen LogP contribution in [0.1, 0.15) is 25.7 Å². The Balaban J connectivity index is 0. The molecule has 1 aliphatic heterocycles. The minimum Gasteiger partial charge on any atom is -0.481 e. The highest BCUT2D eigenvalue weighted by molar-refractivity contribution is 5.66. The van der Waals surface area contributed by atoms with Crippen molar-refractivity contribution in [2.45, 2.75) is 25.7 Å². The number of carboxylic acid groups (broad SMARTS) is 1. The van der Waals surface area contributed by atoms with E-state index in [4.69, 9.17) is 5.11 Å². The van der Waals surface area contributed by atoms with Gasteiger partial charge in [-0.15, -0.1) is 0 Å². The van der Waals surface area contributed by atoms with Gasteiger partial charge < -0.3 is 21.0 Å². The van der Waals surface area contributed by atoms with Gasteiger partial charge >= 0.3 is 5.97 Å². The van der Waals surface area contributed by atoms with Gasteiger partial charge in [-0.2, -0.15) is 0 Å². The van der Waals surface area contributed by atoms with E-state index in [1.165, 1.54) is 19.3 Å². The van der Waals surface area contributed by atoms with Crippen LogP contribution in [0.5, 0.6) is 0 Å². The number of rotatable bonds is 3. The highest BCUT2D eigenvalue weighted by Crippen LogP contribution is 2.08. The third-order valence-electron chi connectivity index (χ3n) is 2.09. The van der Waals surface area contributed by atoms with Crippen LogP contribution in [0.15, 0.2) is 0 Å². The lowest BCUT2D eigenvalue weighted by Gasteiger charge is -2.25. The maximum atomic E-state index is 10.2. The molecule has 13 heavy (non-hydrogen) atoms. The second-order valence-electron chi connectivity index (χ2n) is 3.05. The second-order valence-corrected chi connectivity index (χ2v) is 3.05. The van der Waals surface area contributed by atoms with Crippen molar-refractivity contribution in [3.8, 4) is 0 Å². The monoisotopic (exact) mass is 193 g/mol. The first-order chi connectivity index (χ1) is 5.29. The van der Waals surface area contributed by atoms with Gasteiger partial charge in [0.25, 0.3) is 0 Å². The first kappa shape index (κ1) is 14.9. The van der Waals surface area contributed by atoms with Gasteiger partial charge in [-0.1, -0.05) is 6.42 Å². The van der Waals surface area contributed by atoms with Crippen LogP contribution >= 0.6 is 0 Å². The van der Waals surface area contributed by atoms with Crippen molar-refractivity contribution >= 4 is 5.97 Å². The fourth-order valence-corrected chi connectivity index (χ4v) is 1.44. The van der Waals surface area contributed by atoms with Crippen LogP contribution in [0.4, 0.5) is 0 Å². The summed E-state index contributed by atoms with van der Waals surface area (Å²) >= 11 is 0. The van der Waals surface area contributed by atoms with Gasteiger partial charge in [-0.05, 0) is 25.9 Å². The minimum absolute atomic E-state index is 0. The summed E-state index contributed by atoms with van der Waals surface area (Å²) in [4.78, 5) is 12.4. The molecule has 0 saturated carbocycles. The zero-order valence-electron chi connectivity index (χ0n) is 7.75. The molecule has 5 nitrogen and oxygen atoms in total. The summed E-state index contributed by atoms with van der Waals surface area (Å²) in [6, 6.07) is 0. The smallest absolute Gasteiger partial charge is 0.304 e. The van der Waals surface area contributed by atoms with Gasteiger partial charge in [0.05, 0.1) is 6.42 Å². The highest BCUT2D eigenvalue weighted by Gasteiger charge is 2.10. The van der Waals surface area contributed by atoms with Crippen LogP contribution in [-0.4, -0.2) is 46.6 Å². The molecule has 0 bridgehead atoms. The zero-order valence-corrected chi connectivity index (χ0v) is 7.75. The number of likely N-dealkylation sites (tertiary alicyclic amines) is 1. The van der Waals surface area contributed by atoms with Gasteiger partial charge in [0.2, 0.25) is 0 Å². The first-order valence-corrected chi connectivity index (χ1v) is 4.23. The van der Waals surface area contributed by atoms with Crippen LogP contribution in [0.3, 0.4) is 0 Å². The molecule has 5 heteroatoms. The van der Waals surface area contributed by atoms with Crippen molar-refractivity contribution in [3.63, 3.8) is 0 Å². The zero-order chi connectivity index (χ0) is 8.10. The second kappa shape index (κ2) is 7.97. The van der Waals surface area contributed by atoms with E-state index in [1.54, 1.807) is 0 Å². The summed E-state index contributed by atoms with van der Waals surface area (Å²) in [7, 11) is 0. The maximum Gasteiger partial charge on any atom is 0.304 e. The molecular weight excluding hydrogens is 174 g/mol. The van der Waals surface area contributed by atoms with E-state index in [0.717, 1.165) is 19.6 Å². The van der Waals surface area contributed by atoms with E-state index in [-0.39, 0.29) is 11.0 Å². The number of aliphatic carboxylic acids is 1. The Morgan fingerprint density at radius 2 is 1.69 bits per heavy atom. The molecule has 0 amide bonds. The minimum atomic E-state index is -0.685. The summed E-state index contributed by atoms with van der Waals surface area (Å²) < 4.78 is 0. The Morgan fingerprint density at radius 1 is 1.15 bits per heavy atom. The molecule has 1 aliphatic rings. The molecule has 5 N–H and O–H groups in total. The van der Waals surface area contributed by atoms with Crippen LogP contribution in [0, 0.1) is 0 Å². The SMILES string of the molecule is O.O.O=C(O)CCN1CCCCC1. The molecule has 1 fully saturated rings. The van der Waals surface area contributed by atoms with E-state index < -0.39 is 5.97 Å². The Morgan fingerprint density at radius 3 is 2.15 bits per heavy atom. The normalized spacial score (nSPS) is 16.9. The molecule has 1 heterocycles. The maximum absolute atomic E-state index is 10.2. The van der Waals surface area contributed by atoms with Gasteiger partial charge in [0.1, 0.15) is 0 Å². The lowest BCUT2D eigenvalue weighted by atomic mass is 10.1. The number of carboxylic acids is 1. The molecule has 1 rings (SSSR count). The lowest BCUT2D eigenvalue weighted by Crippen LogP contribution is -2.31. The van der Waals surface area contributed by atoms with Crippen LogP contribution in [-0.2, 0) is 4.79 Å². The molecular formula is C8H19NO4. The molecule has 0 spiro atoms. The van der Waals surface area contributed by atoms with Crippen molar-refractivity contribution in [2.24, 2.45) is 0 Å². The van der Waals surface area contributed by atoms with Crippen molar-refractivity contribution in [3.05, 3.63) is 0 Å². The number of carbonyl (C=O) groups is 1. The van der Waals surface area contributed by atoms with Crippen molar-refractivity contribution in [2.75, 3.05) is 19.6 Å². The van der Waals surface area contributed by atoms with Gasteiger partial charge in [-0.25, -0.2) is 0 Å². The lowest BCUT2D eigenvalue weighted by molar-refractivity contribution is -0.137. The predicted molar refractivity (Wildman–Crippen MR) is 49.8 cm³/mol. The topological polar surface area (TPSA) is 104 Å². The fourth-order valence-electron chi connectivity index (χ4n) is 1.44. The van der Waals surface area contributed by atoms with Gasteiger partial charge in [-0.3, -0.25) is 4.79 Å². The van der Waals surface area contributed by atoms with E-state index in [1.807, 2.05) is 0 Å². The molecule has 80 valence electrons. The van der Waals surface area contributed by atoms with Crippen LogP contribution in [0.25, 0.3) is 0 Å². The van der Waals surface area contributed by atoms with Crippen molar-refractivity contribution in [1.29, 1.82) is 0 Å². The van der Waals surface area contributed by atoms with E-state index in [2.05, 4.69) is 4.90 Å². The summed E-state index contributed by atoms with van der Waals surface area (Å²) in [5.74, 6) is -0.685. The summed E-state index contributed by atoms with van der Waals surface area (Å²) in [5.41, 5.74) is 0. The third-order valence-corrected chi connectivity index (χ3v) is 2.09. The van der Waals surface area contributed by atoms with Crippen LogP contribution in [0.2, 0.25) is 0 Å². The molecule has 0 aromatic rings. The fraction of sp³-hybridized carbons (Fsp3) is 0.875. The largest absolute Gasteiger partial charge is 0.481 e. The van der Waals surface area contributed by atoms with Crippen molar-refractivity contribution < 1.29 is 20.9 Å². The average molecular weight is 193 g/mol. The number of hydrogen-bond acceptors (Lipinski definition) is 2. The van der Waals surface area contributed by atoms with Gasteiger partial charge in [0.15, 0.2) is 0 Å². The Hall–Kier alpha value is -0.650. The highest BCUT2D eigenvalue weighted by atomic mass is 16.4. The third kappa shape index (κ3) is 6.51. The number of nitrogens with zero attached hydrogens (tertiary/aromatic N) is 1. The van der Waals surface area contributed by atoms with E-state index in [0.29, 0.717) is 6.42 Å². The molecule has 0 unspecified atom stereocenters. The standard InChI is InChI=1S/C8H15NO2.2H2O/c10-8(11)4-7-9-5-2-1-3-6-9;;/h1-7H2,(H,10,11);2*1H2. The molecule has 0 aromatic heterocycles. The molecule has 1 saturated heterocycles. The Kier molecular flexibility index (Phi) is 9.11. The number of piperidine rings is 1. The van der Waals surface area contributed by atoms with Crippen molar-refractivity contribution in [1.82, 2.24) is 4.90 Å². The quantitative estimate of drug-likeness (QED) is 0.640. The Bertz CT molecular complexity index is 134. The van der Waals surface area contributed by atoms with E-state index in [9.17, 15) is 4.79 Å². The summed E-state index contributed by atoms with van der Waals surface area (Å²) in [5, 5.41) is 8.42. The first-order valence-electron chi connectivity index (χ1n) is 4.23. The molecule has 0 aliphatic carbocycles. The molecule has 0 radical (unpaired) electrons. The van der Waals surface area contributed by atoms with E-state index >= 15 is 0 Å². The average Bonchev–Trinajstić information content (AvgIpc) is 2.03. The molecule has 0 aromatic carbocycles. The summed E-state index contributed by atoms with van der Waals surface area (Å²) in [6.07, 6.45) is 4.07. The number of hydrogen-bond donors (Lipinski definition) is 1. The Labute approximate surface area is 78.0 Å². The molecule has 0 atom stereocenters. The summed E-state index contributed by atoms with van der Waals surface area (Å²) in [6.45, 7) is 2.91. The van der Waals surface area contributed by atoms with Crippen LogP contribution < -0.4 is 0 Å².